The number of nitrogens with one attached hydrogen (secondary N) is 2. The fraction of sp³-hybridized carbons (Fsp3) is 0.556. The van der Waals surface area contributed by atoms with Crippen LogP contribution in [0.2, 0.25) is 0 Å². The number of hydrogen-bond acceptors (Lipinski definition) is 5. The molecular weight excluding hydrogens is 358 g/mol. The molecule has 8 heteroatoms. The van der Waals surface area contributed by atoms with E-state index in [0.717, 1.165) is 25.9 Å². The topological polar surface area (TPSA) is 103 Å². The third-order valence-corrected chi connectivity index (χ3v) is 4.03. The lowest BCUT2D eigenvalue weighted by molar-refractivity contribution is -0.130. The Hall–Kier alpha value is -1.67. The minimum absolute atomic E-state index is 0. The van der Waals surface area contributed by atoms with Gasteiger partial charge >= 0.3 is 0 Å². The van der Waals surface area contributed by atoms with E-state index in [1.807, 2.05) is 0 Å². The Bertz CT molecular complexity index is 579. The van der Waals surface area contributed by atoms with Crippen molar-refractivity contribution in [1.82, 2.24) is 5.32 Å². The predicted octanol–water partition coefficient (Wildman–Crippen LogP) is 1.71. The Kier molecular flexibility index (Phi) is 10.2. The normalized spacial score (nSPS) is 17.7. The van der Waals surface area contributed by atoms with E-state index in [-0.39, 0.29) is 30.3 Å². The summed E-state index contributed by atoms with van der Waals surface area (Å²) in [5.41, 5.74) is 6.24. The van der Waals surface area contributed by atoms with E-state index in [4.69, 9.17) is 15.2 Å². The van der Waals surface area contributed by atoms with E-state index in [1.165, 1.54) is 0 Å². The van der Waals surface area contributed by atoms with Crippen molar-refractivity contribution in [1.29, 1.82) is 0 Å². The van der Waals surface area contributed by atoms with Gasteiger partial charge in [0.05, 0.1) is 24.0 Å². The maximum atomic E-state index is 12.3. The number of rotatable bonds is 8. The summed E-state index contributed by atoms with van der Waals surface area (Å²) in [6.45, 7) is 3.57. The van der Waals surface area contributed by atoms with Gasteiger partial charge in [0.25, 0.3) is 11.8 Å². The Morgan fingerprint density at radius 1 is 1.35 bits per heavy atom. The molecule has 2 atom stereocenters. The van der Waals surface area contributed by atoms with Crippen LogP contribution in [0.1, 0.15) is 36.5 Å². The molecule has 1 saturated heterocycles. The number of carbonyl (C=O) groups is 2. The van der Waals surface area contributed by atoms with Crippen LogP contribution in [0.5, 0.6) is 0 Å². The minimum Gasteiger partial charge on any atom is -0.376 e. The van der Waals surface area contributed by atoms with Gasteiger partial charge < -0.3 is 25.8 Å². The highest BCUT2D eigenvalue weighted by molar-refractivity contribution is 6.04. The van der Waals surface area contributed by atoms with Crippen molar-refractivity contribution < 1.29 is 19.1 Å². The number of hydrogen-bond donors (Lipinski definition) is 3. The molecule has 0 aromatic heterocycles. The molecule has 26 heavy (non-hydrogen) atoms. The number of halogens is 1. The van der Waals surface area contributed by atoms with E-state index in [0.29, 0.717) is 30.9 Å². The van der Waals surface area contributed by atoms with Crippen molar-refractivity contribution in [3.63, 3.8) is 0 Å². The summed E-state index contributed by atoms with van der Waals surface area (Å²) >= 11 is 0. The summed E-state index contributed by atoms with van der Waals surface area (Å²) in [7, 11) is 0. The second kappa shape index (κ2) is 11.9. The average molecular weight is 386 g/mol. The Morgan fingerprint density at radius 2 is 2.12 bits per heavy atom. The first-order valence-electron chi connectivity index (χ1n) is 8.73. The Balaban J connectivity index is 0.00000338. The van der Waals surface area contributed by atoms with Gasteiger partial charge in [0.15, 0.2) is 0 Å². The molecule has 2 amide bonds. The highest BCUT2D eigenvalue weighted by Gasteiger charge is 2.20. The van der Waals surface area contributed by atoms with Crippen LogP contribution >= 0.6 is 12.4 Å². The summed E-state index contributed by atoms with van der Waals surface area (Å²) in [4.78, 5) is 24.5. The molecule has 1 heterocycles. The van der Waals surface area contributed by atoms with Gasteiger partial charge in [-0.15, -0.1) is 12.4 Å². The van der Waals surface area contributed by atoms with E-state index in [1.54, 1.807) is 31.2 Å². The van der Waals surface area contributed by atoms with Crippen molar-refractivity contribution in [2.75, 3.05) is 31.6 Å². The monoisotopic (exact) mass is 385 g/mol. The highest BCUT2D eigenvalue weighted by atomic mass is 35.5. The standard InChI is InChI=1S/C18H27N3O4.ClH/c1-13(25-12-14-6-4-5-11-24-14)17(22)21-16-8-3-2-7-15(16)18(23)20-10-9-19;/h2-3,7-8,13-14H,4-6,9-12,19H2,1H3,(H,20,23)(H,21,22);1H. The minimum atomic E-state index is -0.634. The van der Waals surface area contributed by atoms with Crippen LogP contribution in [0.25, 0.3) is 0 Å². The smallest absolute Gasteiger partial charge is 0.253 e. The third-order valence-electron chi connectivity index (χ3n) is 4.03. The summed E-state index contributed by atoms with van der Waals surface area (Å²) in [6.07, 6.45) is 2.58. The van der Waals surface area contributed by atoms with Crippen LogP contribution in [0.3, 0.4) is 0 Å². The number of nitrogens with two attached hydrogens (primary N) is 1. The summed E-state index contributed by atoms with van der Waals surface area (Å²) in [5.74, 6) is -0.569. The van der Waals surface area contributed by atoms with E-state index in [2.05, 4.69) is 10.6 Å². The number of para-hydroxylation sites is 1. The lowest BCUT2D eigenvalue weighted by Crippen LogP contribution is -2.34. The maximum absolute atomic E-state index is 12.3. The van der Waals surface area contributed by atoms with Crippen LogP contribution in [0.15, 0.2) is 24.3 Å². The highest BCUT2D eigenvalue weighted by Crippen LogP contribution is 2.17. The van der Waals surface area contributed by atoms with Crippen molar-refractivity contribution in [3.05, 3.63) is 29.8 Å². The second-order valence-electron chi connectivity index (χ2n) is 6.04. The summed E-state index contributed by atoms with van der Waals surface area (Å²) in [5, 5.41) is 5.46. The number of amides is 2. The lowest BCUT2D eigenvalue weighted by atomic mass is 10.1. The molecule has 2 rings (SSSR count). The fourth-order valence-electron chi connectivity index (χ4n) is 2.57. The Labute approximate surface area is 160 Å². The first-order chi connectivity index (χ1) is 12.1. The van der Waals surface area contributed by atoms with Gasteiger partial charge in [-0.2, -0.15) is 0 Å². The van der Waals surface area contributed by atoms with Crippen LogP contribution in [0.4, 0.5) is 5.69 Å². The fourth-order valence-corrected chi connectivity index (χ4v) is 2.57. The SMILES string of the molecule is CC(OCC1CCCCO1)C(=O)Nc1ccccc1C(=O)NCCN.Cl. The van der Waals surface area contributed by atoms with Crippen molar-refractivity contribution in [2.24, 2.45) is 5.73 Å². The van der Waals surface area contributed by atoms with Gasteiger partial charge in [-0.25, -0.2) is 0 Å². The van der Waals surface area contributed by atoms with Gasteiger partial charge in [-0.3, -0.25) is 9.59 Å². The molecule has 0 saturated carbocycles. The van der Waals surface area contributed by atoms with E-state index >= 15 is 0 Å². The molecule has 7 nitrogen and oxygen atoms in total. The molecule has 146 valence electrons. The van der Waals surface area contributed by atoms with Crippen LogP contribution < -0.4 is 16.4 Å². The lowest BCUT2D eigenvalue weighted by Gasteiger charge is -2.24. The Morgan fingerprint density at radius 3 is 2.81 bits per heavy atom. The number of carbonyl (C=O) groups excluding carboxylic acids is 2. The molecule has 2 unspecified atom stereocenters. The first-order valence-corrected chi connectivity index (χ1v) is 8.73. The van der Waals surface area contributed by atoms with Gasteiger partial charge in [-0.1, -0.05) is 12.1 Å². The zero-order valence-electron chi connectivity index (χ0n) is 15.0. The molecule has 1 aromatic rings. The van der Waals surface area contributed by atoms with Gasteiger partial charge in [0.1, 0.15) is 6.10 Å². The number of benzene rings is 1. The zero-order valence-corrected chi connectivity index (χ0v) is 15.8. The molecule has 0 radical (unpaired) electrons. The largest absolute Gasteiger partial charge is 0.376 e. The van der Waals surface area contributed by atoms with Crippen LogP contribution in [-0.2, 0) is 14.3 Å². The second-order valence-corrected chi connectivity index (χ2v) is 6.04. The van der Waals surface area contributed by atoms with Crippen molar-refractivity contribution in [2.45, 2.75) is 38.4 Å². The molecule has 1 aliphatic heterocycles. The van der Waals surface area contributed by atoms with Gasteiger partial charge in [-0.05, 0) is 38.3 Å². The van der Waals surface area contributed by atoms with Crippen LogP contribution in [-0.4, -0.2) is 50.3 Å². The first kappa shape index (κ1) is 22.4. The maximum Gasteiger partial charge on any atom is 0.253 e. The molecule has 0 spiro atoms. The predicted molar refractivity (Wildman–Crippen MR) is 103 cm³/mol. The molecule has 1 aromatic carbocycles. The van der Waals surface area contributed by atoms with E-state index in [9.17, 15) is 9.59 Å². The molecule has 1 aliphatic rings. The van der Waals surface area contributed by atoms with E-state index < -0.39 is 6.10 Å². The van der Waals surface area contributed by atoms with Gasteiger partial charge in [0, 0.05) is 19.7 Å². The quantitative estimate of drug-likeness (QED) is 0.632. The summed E-state index contributed by atoms with van der Waals surface area (Å²) in [6, 6.07) is 6.85. The van der Waals surface area contributed by atoms with Crippen molar-refractivity contribution >= 4 is 29.9 Å². The molecule has 0 bridgehead atoms. The summed E-state index contributed by atoms with van der Waals surface area (Å²) < 4.78 is 11.2. The van der Waals surface area contributed by atoms with Crippen LogP contribution in [0, 0.1) is 0 Å². The zero-order chi connectivity index (χ0) is 18.1. The third kappa shape index (κ3) is 6.92. The van der Waals surface area contributed by atoms with Crippen molar-refractivity contribution in [3.8, 4) is 0 Å². The molecule has 0 aliphatic carbocycles. The molecule has 4 N–H and O–H groups in total. The number of anilines is 1. The number of ether oxygens (including phenoxy) is 2. The average Bonchev–Trinajstić information content (AvgIpc) is 2.65. The molecular formula is C18H28ClN3O4. The van der Waals surface area contributed by atoms with Gasteiger partial charge in [0.2, 0.25) is 0 Å². The molecule has 1 fully saturated rings.